The molecule has 134 valence electrons. The molecule has 2 aromatic carbocycles. The maximum atomic E-state index is 12.6. The van der Waals surface area contributed by atoms with Crippen LogP contribution in [0, 0.1) is 0 Å². The summed E-state index contributed by atoms with van der Waals surface area (Å²) in [4.78, 5) is 12.6. The van der Waals surface area contributed by atoms with Gasteiger partial charge in [-0.2, -0.15) is 0 Å². The highest BCUT2D eigenvalue weighted by Gasteiger charge is 2.19. The van der Waals surface area contributed by atoms with Crippen molar-refractivity contribution in [3.63, 3.8) is 0 Å². The van der Waals surface area contributed by atoms with Gasteiger partial charge in [-0.05, 0) is 42.7 Å². The summed E-state index contributed by atoms with van der Waals surface area (Å²) < 4.78 is 24.7. The lowest BCUT2D eigenvalue weighted by Gasteiger charge is -2.19. The smallest absolute Gasteiger partial charge is 0.257 e. The van der Waals surface area contributed by atoms with Crippen LogP contribution < -0.4 is 9.62 Å². The highest BCUT2D eigenvalue weighted by molar-refractivity contribution is 7.92. The molecular weight excluding hydrogens is 336 g/mol. The van der Waals surface area contributed by atoms with Crippen LogP contribution in [0.3, 0.4) is 0 Å². The lowest BCUT2D eigenvalue weighted by molar-refractivity contribution is 0.102. The molecule has 0 unspecified atom stereocenters. The number of carbonyl (C=O) groups excluding carboxylic acids is 1. The summed E-state index contributed by atoms with van der Waals surface area (Å²) in [6, 6.07) is 14.4. The standard InChI is InChI=1S/C19H24N2O3S/c1-4-5-8-15-11-13-16(14-12-15)20-19(22)17-9-6-7-10-18(17)21(2)25(3,23)24/h6-7,9-14H,4-5,8H2,1-3H3,(H,20,22). The summed E-state index contributed by atoms with van der Waals surface area (Å²) in [5, 5.41) is 2.83. The Hall–Kier alpha value is -2.34. The normalized spacial score (nSPS) is 11.2. The number of amides is 1. The van der Waals surface area contributed by atoms with Gasteiger partial charge in [-0.1, -0.05) is 37.6 Å². The number of hydrogen-bond donors (Lipinski definition) is 1. The van der Waals surface area contributed by atoms with Gasteiger partial charge >= 0.3 is 0 Å². The molecule has 0 aliphatic carbocycles. The molecule has 0 saturated heterocycles. The fourth-order valence-electron chi connectivity index (χ4n) is 2.45. The van der Waals surface area contributed by atoms with Crippen LogP contribution in [0.1, 0.15) is 35.7 Å². The highest BCUT2D eigenvalue weighted by atomic mass is 32.2. The number of anilines is 2. The Labute approximate surface area is 149 Å². The molecule has 0 aromatic heterocycles. The largest absolute Gasteiger partial charge is 0.322 e. The van der Waals surface area contributed by atoms with Crippen molar-refractivity contribution >= 4 is 27.3 Å². The number of benzene rings is 2. The van der Waals surface area contributed by atoms with E-state index < -0.39 is 10.0 Å². The lowest BCUT2D eigenvalue weighted by Crippen LogP contribution is -2.27. The number of nitrogens with one attached hydrogen (secondary N) is 1. The predicted molar refractivity (Wildman–Crippen MR) is 103 cm³/mol. The van der Waals surface area contributed by atoms with Gasteiger partial charge in [0.1, 0.15) is 0 Å². The minimum absolute atomic E-state index is 0.311. The molecule has 2 rings (SSSR count). The first kappa shape index (κ1) is 19.0. The summed E-state index contributed by atoms with van der Waals surface area (Å²) >= 11 is 0. The molecule has 0 saturated carbocycles. The average molecular weight is 360 g/mol. The summed E-state index contributed by atoms with van der Waals surface area (Å²) in [5.41, 5.74) is 2.58. The van der Waals surface area contributed by atoms with Gasteiger partial charge in [-0.25, -0.2) is 8.42 Å². The first-order valence-corrected chi connectivity index (χ1v) is 10.1. The Bertz CT molecular complexity index is 830. The van der Waals surface area contributed by atoms with Crippen LogP contribution in [0.15, 0.2) is 48.5 Å². The highest BCUT2D eigenvalue weighted by Crippen LogP contribution is 2.23. The van der Waals surface area contributed by atoms with Gasteiger partial charge in [0, 0.05) is 12.7 Å². The Morgan fingerprint density at radius 3 is 2.32 bits per heavy atom. The topological polar surface area (TPSA) is 66.5 Å². The zero-order valence-electron chi connectivity index (χ0n) is 14.8. The average Bonchev–Trinajstić information content (AvgIpc) is 2.59. The number of carbonyl (C=O) groups is 1. The monoisotopic (exact) mass is 360 g/mol. The quantitative estimate of drug-likeness (QED) is 0.819. The maximum absolute atomic E-state index is 12.6. The van der Waals surface area contributed by atoms with Crippen molar-refractivity contribution < 1.29 is 13.2 Å². The Morgan fingerprint density at radius 1 is 1.08 bits per heavy atom. The van der Waals surface area contributed by atoms with E-state index in [9.17, 15) is 13.2 Å². The molecule has 6 heteroatoms. The van der Waals surface area contributed by atoms with Crippen LogP contribution >= 0.6 is 0 Å². The van der Waals surface area contributed by atoms with Gasteiger partial charge in [0.2, 0.25) is 10.0 Å². The second-order valence-corrected chi connectivity index (χ2v) is 8.02. The van der Waals surface area contributed by atoms with Gasteiger partial charge in [-0.15, -0.1) is 0 Å². The first-order chi connectivity index (χ1) is 11.8. The van der Waals surface area contributed by atoms with Gasteiger partial charge in [-0.3, -0.25) is 9.10 Å². The Balaban J connectivity index is 2.19. The number of sulfonamides is 1. The van der Waals surface area contributed by atoms with Crippen molar-refractivity contribution in [2.24, 2.45) is 0 Å². The molecule has 0 aliphatic rings. The van der Waals surface area contributed by atoms with Crippen molar-refractivity contribution in [2.75, 3.05) is 22.9 Å². The molecule has 0 radical (unpaired) electrons. The molecule has 5 nitrogen and oxygen atoms in total. The van der Waals surface area contributed by atoms with E-state index in [1.807, 2.05) is 24.3 Å². The molecule has 0 heterocycles. The molecular formula is C19H24N2O3S. The van der Waals surface area contributed by atoms with Crippen LogP contribution in [0.25, 0.3) is 0 Å². The molecule has 1 amide bonds. The predicted octanol–water partition coefficient (Wildman–Crippen LogP) is 3.68. The summed E-state index contributed by atoms with van der Waals surface area (Å²) in [6.07, 6.45) is 4.41. The van der Waals surface area contributed by atoms with Crippen LogP contribution in [0.2, 0.25) is 0 Å². The number of rotatable bonds is 7. The van der Waals surface area contributed by atoms with Crippen LogP contribution in [-0.4, -0.2) is 27.6 Å². The number of para-hydroxylation sites is 1. The number of hydrogen-bond acceptors (Lipinski definition) is 3. The van der Waals surface area contributed by atoms with Gasteiger partial charge < -0.3 is 5.32 Å². The zero-order chi connectivity index (χ0) is 18.4. The summed E-state index contributed by atoms with van der Waals surface area (Å²) in [6.45, 7) is 2.15. The SMILES string of the molecule is CCCCc1ccc(NC(=O)c2ccccc2N(C)S(C)(=O)=O)cc1. The second kappa shape index (κ2) is 8.16. The third kappa shape index (κ3) is 5.06. The Morgan fingerprint density at radius 2 is 1.72 bits per heavy atom. The second-order valence-electron chi connectivity index (χ2n) is 6.00. The molecule has 0 fully saturated rings. The third-order valence-electron chi connectivity index (χ3n) is 4.02. The van der Waals surface area contributed by atoms with Crippen molar-refractivity contribution in [3.8, 4) is 0 Å². The van der Waals surface area contributed by atoms with Crippen molar-refractivity contribution in [1.29, 1.82) is 0 Å². The van der Waals surface area contributed by atoms with Gasteiger partial charge in [0.15, 0.2) is 0 Å². The minimum Gasteiger partial charge on any atom is -0.322 e. The molecule has 2 aromatic rings. The van der Waals surface area contributed by atoms with E-state index in [1.165, 1.54) is 12.6 Å². The molecule has 0 bridgehead atoms. The van der Waals surface area contributed by atoms with E-state index in [0.717, 1.165) is 29.8 Å². The van der Waals surface area contributed by atoms with Crippen LogP contribution in [0.5, 0.6) is 0 Å². The van der Waals surface area contributed by atoms with Crippen molar-refractivity contribution in [1.82, 2.24) is 0 Å². The Kier molecular flexibility index (Phi) is 6.20. The molecule has 0 atom stereocenters. The van der Waals surface area contributed by atoms with Crippen molar-refractivity contribution in [3.05, 3.63) is 59.7 Å². The zero-order valence-corrected chi connectivity index (χ0v) is 15.6. The van der Waals surface area contributed by atoms with E-state index in [-0.39, 0.29) is 5.91 Å². The molecule has 1 N–H and O–H groups in total. The van der Waals surface area contributed by atoms with E-state index in [0.29, 0.717) is 16.9 Å². The maximum Gasteiger partial charge on any atom is 0.257 e. The summed E-state index contributed by atoms with van der Waals surface area (Å²) in [7, 11) is -2.01. The first-order valence-electron chi connectivity index (χ1n) is 8.26. The fourth-order valence-corrected chi connectivity index (χ4v) is 2.97. The minimum atomic E-state index is -3.45. The van der Waals surface area contributed by atoms with E-state index in [1.54, 1.807) is 24.3 Å². The molecule has 0 spiro atoms. The van der Waals surface area contributed by atoms with Gasteiger partial charge in [0.25, 0.3) is 5.91 Å². The molecule has 25 heavy (non-hydrogen) atoms. The summed E-state index contributed by atoms with van der Waals surface area (Å²) in [5.74, 6) is -0.340. The van der Waals surface area contributed by atoms with E-state index in [4.69, 9.17) is 0 Å². The number of nitrogens with zero attached hydrogens (tertiary/aromatic N) is 1. The van der Waals surface area contributed by atoms with Gasteiger partial charge in [0.05, 0.1) is 17.5 Å². The van der Waals surface area contributed by atoms with Crippen LogP contribution in [0.4, 0.5) is 11.4 Å². The van der Waals surface area contributed by atoms with Crippen LogP contribution in [-0.2, 0) is 16.4 Å². The number of unbranched alkanes of at least 4 members (excludes halogenated alkanes) is 1. The fraction of sp³-hybridized carbons (Fsp3) is 0.316. The lowest BCUT2D eigenvalue weighted by atomic mass is 10.1. The van der Waals surface area contributed by atoms with Crippen molar-refractivity contribution in [2.45, 2.75) is 26.2 Å². The third-order valence-corrected chi connectivity index (χ3v) is 5.21. The van der Waals surface area contributed by atoms with E-state index >= 15 is 0 Å². The van der Waals surface area contributed by atoms with E-state index in [2.05, 4.69) is 12.2 Å². The molecule has 0 aliphatic heterocycles. The number of aryl methyl sites for hydroxylation is 1.